The van der Waals surface area contributed by atoms with Crippen LogP contribution in [-0.2, 0) is 7.05 Å². The van der Waals surface area contributed by atoms with E-state index in [9.17, 15) is 9.59 Å². The fourth-order valence-corrected chi connectivity index (χ4v) is 2.50. The first-order valence-electron chi connectivity index (χ1n) is 6.96. The SMILES string of the molecule is Cn1cc(Cl)cc1C(=O)Nc1cccc(-n2ccc(C(=O)O)n2)c1. The van der Waals surface area contributed by atoms with Crippen LogP contribution in [0, 0.1) is 0 Å². The van der Waals surface area contributed by atoms with Crippen LogP contribution in [0.15, 0.2) is 48.8 Å². The van der Waals surface area contributed by atoms with Crippen molar-refractivity contribution in [3.8, 4) is 5.69 Å². The van der Waals surface area contributed by atoms with E-state index in [4.69, 9.17) is 16.7 Å². The van der Waals surface area contributed by atoms with Crippen molar-refractivity contribution in [3.63, 3.8) is 0 Å². The van der Waals surface area contributed by atoms with E-state index in [1.54, 1.807) is 54.3 Å². The molecule has 2 heterocycles. The first-order chi connectivity index (χ1) is 11.4. The smallest absolute Gasteiger partial charge is 0.356 e. The molecule has 0 bridgehead atoms. The summed E-state index contributed by atoms with van der Waals surface area (Å²) in [6, 6.07) is 9.90. The molecule has 0 aliphatic rings. The molecule has 1 aromatic carbocycles. The van der Waals surface area contributed by atoms with E-state index in [2.05, 4.69) is 10.4 Å². The summed E-state index contributed by atoms with van der Waals surface area (Å²) >= 11 is 5.89. The Hall–Kier alpha value is -3.06. The lowest BCUT2D eigenvalue weighted by atomic mass is 10.2. The third-order valence-corrected chi connectivity index (χ3v) is 3.59. The van der Waals surface area contributed by atoms with Crippen molar-refractivity contribution in [2.45, 2.75) is 0 Å². The minimum absolute atomic E-state index is 0.0529. The van der Waals surface area contributed by atoms with Gasteiger partial charge in [0.2, 0.25) is 0 Å². The summed E-state index contributed by atoms with van der Waals surface area (Å²) in [6.07, 6.45) is 3.19. The van der Waals surface area contributed by atoms with E-state index in [0.29, 0.717) is 22.1 Å². The van der Waals surface area contributed by atoms with Crippen molar-refractivity contribution in [1.82, 2.24) is 14.3 Å². The number of carbonyl (C=O) groups is 2. The van der Waals surface area contributed by atoms with E-state index in [0.717, 1.165) is 0 Å². The Bertz CT molecular complexity index is 929. The van der Waals surface area contributed by atoms with Crippen molar-refractivity contribution in [1.29, 1.82) is 0 Å². The van der Waals surface area contributed by atoms with E-state index in [-0.39, 0.29) is 11.6 Å². The molecule has 0 radical (unpaired) electrons. The van der Waals surface area contributed by atoms with Crippen molar-refractivity contribution in [2.75, 3.05) is 5.32 Å². The molecule has 0 saturated heterocycles. The van der Waals surface area contributed by atoms with Crippen molar-refractivity contribution < 1.29 is 14.7 Å². The highest BCUT2D eigenvalue weighted by atomic mass is 35.5. The number of carboxylic acids is 1. The number of carbonyl (C=O) groups excluding carboxylic acids is 1. The predicted molar refractivity (Wildman–Crippen MR) is 88.9 cm³/mol. The number of hydrogen-bond acceptors (Lipinski definition) is 3. The van der Waals surface area contributed by atoms with Crippen LogP contribution in [0.4, 0.5) is 5.69 Å². The third-order valence-electron chi connectivity index (χ3n) is 3.38. The van der Waals surface area contributed by atoms with Gasteiger partial charge in [0, 0.05) is 25.1 Å². The number of aromatic nitrogens is 3. The molecule has 1 amide bonds. The quantitative estimate of drug-likeness (QED) is 0.761. The van der Waals surface area contributed by atoms with E-state index >= 15 is 0 Å². The molecule has 7 nitrogen and oxygen atoms in total. The number of aromatic carboxylic acids is 1. The summed E-state index contributed by atoms with van der Waals surface area (Å²) in [5.74, 6) is -1.40. The summed E-state index contributed by atoms with van der Waals surface area (Å²) in [7, 11) is 1.73. The number of hydrogen-bond donors (Lipinski definition) is 2. The Balaban J connectivity index is 1.83. The lowest BCUT2D eigenvalue weighted by Crippen LogP contribution is -2.15. The summed E-state index contributed by atoms with van der Waals surface area (Å²) in [5, 5.41) is 16.1. The van der Waals surface area contributed by atoms with Crippen LogP contribution in [0.5, 0.6) is 0 Å². The second-order valence-electron chi connectivity index (χ2n) is 5.11. The summed E-state index contributed by atoms with van der Waals surface area (Å²) in [4.78, 5) is 23.2. The topological polar surface area (TPSA) is 89.2 Å². The maximum atomic E-state index is 12.3. The van der Waals surface area contributed by atoms with Crippen LogP contribution >= 0.6 is 11.6 Å². The lowest BCUT2D eigenvalue weighted by Gasteiger charge is -2.08. The van der Waals surface area contributed by atoms with E-state index < -0.39 is 5.97 Å². The van der Waals surface area contributed by atoms with Gasteiger partial charge in [-0.25, -0.2) is 9.48 Å². The summed E-state index contributed by atoms with van der Waals surface area (Å²) < 4.78 is 3.06. The van der Waals surface area contributed by atoms with Gasteiger partial charge >= 0.3 is 5.97 Å². The largest absolute Gasteiger partial charge is 0.476 e. The van der Waals surface area contributed by atoms with Gasteiger partial charge in [-0.2, -0.15) is 5.10 Å². The highest BCUT2D eigenvalue weighted by Gasteiger charge is 2.12. The number of aryl methyl sites for hydroxylation is 1. The Morgan fingerprint density at radius 3 is 2.67 bits per heavy atom. The van der Waals surface area contributed by atoms with Crippen LogP contribution in [0.3, 0.4) is 0 Å². The number of benzene rings is 1. The molecule has 3 aromatic rings. The minimum atomic E-state index is -1.10. The molecule has 0 spiro atoms. The average molecular weight is 345 g/mol. The molecule has 24 heavy (non-hydrogen) atoms. The maximum Gasteiger partial charge on any atom is 0.356 e. The molecule has 0 fully saturated rings. The maximum absolute atomic E-state index is 12.3. The van der Waals surface area contributed by atoms with Crippen LogP contribution in [-0.4, -0.2) is 31.3 Å². The zero-order valence-corrected chi connectivity index (χ0v) is 13.4. The fraction of sp³-hybridized carbons (Fsp3) is 0.0625. The molecule has 3 rings (SSSR count). The van der Waals surface area contributed by atoms with Gasteiger partial charge in [-0.15, -0.1) is 0 Å². The molecule has 122 valence electrons. The van der Waals surface area contributed by atoms with E-state index in [1.807, 2.05) is 0 Å². The van der Waals surface area contributed by atoms with Crippen molar-refractivity contribution >= 4 is 29.2 Å². The number of nitrogens with one attached hydrogen (secondary N) is 1. The molecule has 2 aromatic heterocycles. The zero-order chi connectivity index (χ0) is 17.3. The number of rotatable bonds is 4. The molecule has 0 saturated carbocycles. The fourth-order valence-electron chi connectivity index (χ4n) is 2.25. The molecule has 8 heteroatoms. The molecule has 0 atom stereocenters. The average Bonchev–Trinajstić information content (AvgIpc) is 3.14. The van der Waals surface area contributed by atoms with E-state index in [1.165, 1.54) is 10.7 Å². The Morgan fingerprint density at radius 2 is 2.04 bits per heavy atom. The molecular weight excluding hydrogens is 332 g/mol. The number of anilines is 1. The number of nitrogens with zero attached hydrogens (tertiary/aromatic N) is 3. The lowest BCUT2D eigenvalue weighted by molar-refractivity contribution is 0.0689. The van der Waals surface area contributed by atoms with Gasteiger partial charge in [-0.1, -0.05) is 17.7 Å². The van der Waals surface area contributed by atoms with Crippen molar-refractivity contribution in [2.24, 2.45) is 7.05 Å². The van der Waals surface area contributed by atoms with Gasteiger partial charge in [0.25, 0.3) is 5.91 Å². The Kier molecular flexibility index (Phi) is 4.09. The molecular formula is C16H13ClN4O3. The highest BCUT2D eigenvalue weighted by molar-refractivity contribution is 6.31. The van der Waals surface area contributed by atoms with Gasteiger partial charge in [0.1, 0.15) is 5.69 Å². The number of carboxylic acid groups (broad SMARTS) is 1. The standard InChI is InChI=1S/C16H13ClN4O3/c1-20-9-10(17)7-14(20)15(22)18-11-3-2-4-12(8-11)21-6-5-13(19-21)16(23)24/h2-9H,1H3,(H,18,22)(H,23,24). The Labute approximate surface area is 142 Å². The zero-order valence-electron chi connectivity index (χ0n) is 12.6. The second-order valence-corrected chi connectivity index (χ2v) is 5.55. The van der Waals surface area contributed by atoms with Crippen molar-refractivity contribution in [3.05, 3.63) is 65.2 Å². The number of amides is 1. The van der Waals surface area contributed by atoms with Crippen LogP contribution in [0.25, 0.3) is 5.69 Å². The molecule has 2 N–H and O–H groups in total. The van der Waals surface area contributed by atoms with Crippen LogP contribution in [0.1, 0.15) is 21.0 Å². The molecule has 0 unspecified atom stereocenters. The second kappa shape index (κ2) is 6.21. The predicted octanol–water partition coefficient (Wildman–Crippen LogP) is 2.81. The van der Waals surface area contributed by atoms with Crippen LogP contribution < -0.4 is 5.32 Å². The minimum Gasteiger partial charge on any atom is -0.476 e. The monoisotopic (exact) mass is 344 g/mol. The first kappa shape index (κ1) is 15.8. The molecule has 0 aliphatic heterocycles. The van der Waals surface area contributed by atoms with Gasteiger partial charge in [-0.3, -0.25) is 4.79 Å². The van der Waals surface area contributed by atoms with Gasteiger partial charge in [0.15, 0.2) is 5.69 Å². The van der Waals surface area contributed by atoms with Gasteiger partial charge < -0.3 is 15.0 Å². The third kappa shape index (κ3) is 3.16. The van der Waals surface area contributed by atoms with Gasteiger partial charge in [0.05, 0.1) is 10.7 Å². The molecule has 0 aliphatic carbocycles. The van der Waals surface area contributed by atoms with Gasteiger partial charge in [-0.05, 0) is 30.3 Å². The summed E-state index contributed by atoms with van der Waals surface area (Å²) in [6.45, 7) is 0. The Morgan fingerprint density at radius 1 is 1.25 bits per heavy atom. The summed E-state index contributed by atoms with van der Waals surface area (Å²) in [5.41, 5.74) is 1.56. The highest BCUT2D eigenvalue weighted by Crippen LogP contribution is 2.17. The number of halogens is 1. The normalized spacial score (nSPS) is 10.6. The van der Waals surface area contributed by atoms with Crippen LogP contribution in [0.2, 0.25) is 5.02 Å². The first-order valence-corrected chi connectivity index (χ1v) is 7.34.